The van der Waals surface area contributed by atoms with Gasteiger partial charge in [-0.1, -0.05) is 18.2 Å². The number of hydrogen-bond acceptors (Lipinski definition) is 3. The number of halogens is 3. The summed E-state index contributed by atoms with van der Waals surface area (Å²) in [6, 6.07) is 11.3. The van der Waals surface area contributed by atoms with Gasteiger partial charge in [0.1, 0.15) is 17.4 Å². The molecule has 2 aromatic carbocycles. The summed E-state index contributed by atoms with van der Waals surface area (Å²) < 4.78 is 33.5. The molecule has 160 valence electrons. The van der Waals surface area contributed by atoms with Gasteiger partial charge in [-0.15, -0.1) is 24.0 Å². The Morgan fingerprint density at radius 1 is 1.07 bits per heavy atom. The molecular formula is C21H29F2IN4O. The number of hydrogen-bond donors (Lipinski definition) is 2. The summed E-state index contributed by atoms with van der Waals surface area (Å²) in [6.07, 6.45) is 0.809. The summed E-state index contributed by atoms with van der Waals surface area (Å²) in [4.78, 5) is 5.96. The molecule has 0 aliphatic rings. The zero-order valence-electron chi connectivity index (χ0n) is 17.2. The number of aliphatic imine (C=N–C) groups is 1. The van der Waals surface area contributed by atoms with Crippen LogP contribution in [0.5, 0.6) is 5.75 Å². The standard InChI is InChI=1S/C21H28F2N4O.HI/c1-24-21(25-13-12-15-8-10-16(28-4)11-9-15)26-14-19(27(2)3)20-17(22)6-5-7-18(20)23;/h5-11,19H,12-14H2,1-4H3,(H2,24,25,26);1H. The molecule has 0 radical (unpaired) electrons. The maximum absolute atomic E-state index is 14.2. The maximum atomic E-state index is 14.2. The molecule has 1 atom stereocenters. The highest BCUT2D eigenvalue weighted by molar-refractivity contribution is 14.0. The molecule has 0 spiro atoms. The van der Waals surface area contributed by atoms with Crippen molar-refractivity contribution >= 4 is 29.9 Å². The molecule has 2 aromatic rings. The Kier molecular flexibility index (Phi) is 10.9. The Labute approximate surface area is 188 Å². The van der Waals surface area contributed by atoms with Crippen molar-refractivity contribution in [2.75, 3.05) is 41.3 Å². The zero-order valence-corrected chi connectivity index (χ0v) is 19.5. The van der Waals surface area contributed by atoms with Crippen molar-refractivity contribution in [2.45, 2.75) is 12.5 Å². The van der Waals surface area contributed by atoms with E-state index in [0.29, 0.717) is 19.0 Å². The van der Waals surface area contributed by atoms with E-state index in [1.54, 1.807) is 33.2 Å². The minimum atomic E-state index is -0.553. The molecule has 0 saturated carbocycles. The van der Waals surface area contributed by atoms with Crippen LogP contribution in [0.2, 0.25) is 0 Å². The van der Waals surface area contributed by atoms with Gasteiger partial charge in [-0.2, -0.15) is 0 Å². The van der Waals surface area contributed by atoms with Crippen LogP contribution in [0.1, 0.15) is 17.2 Å². The van der Waals surface area contributed by atoms with Gasteiger partial charge in [0.15, 0.2) is 5.96 Å². The number of benzene rings is 2. The lowest BCUT2D eigenvalue weighted by Crippen LogP contribution is -2.42. The summed E-state index contributed by atoms with van der Waals surface area (Å²) in [6.45, 7) is 0.986. The minimum Gasteiger partial charge on any atom is -0.497 e. The van der Waals surface area contributed by atoms with E-state index >= 15 is 0 Å². The van der Waals surface area contributed by atoms with Crippen molar-refractivity contribution in [1.29, 1.82) is 0 Å². The predicted octanol–water partition coefficient (Wildman–Crippen LogP) is 3.60. The van der Waals surface area contributed by atoms with Crippen LogP contribution in [-0.4, -0.2) is 52.2 Å². The molecule has 5 nitrogen and oxygen atoms in total. The number of ether oxygens (including phenoxy) is 1. The third kappa shape index (κ3) is 7.43. The van der Waals surface area contributed by atoms with Gasteiger partial charge in [0.2, 0.25) is 0 Å². The molecule has 0 aromatic heterocycles. The first-order valence-electron chi connectivity index (χ1n) is 9.14. The van der Waals surface area contributed by atoms with Crippen molar-refractivity contribution in [3.05, 3.63) is 65.2 Å². The van der Waals surface area contributed by atoms with Crippen molar-refractivity contribution in [1.82, 2.24) is 15.5 Å². The molecule has 0 amide bonds. The molecule has 2 N–H and O–H groups in total. The average Bonchev–Trinajstić information content (AvgIpc) is 2.68. The lowest BCUT2D eigenvalue weighted by molar-refractivity contribution is 0.282. The van der Waals surface area contributed by atoms with Crippen LogP contribution in [0, 0.1) is 11.6 Å². The molecule has 0 aliphatic heterocycles. The van der Waals surface area contributed by atoms with Crippen molar-refractivity contribution in [3.63, 3.8) is 0 Å². The van der Waals surface area contributed by atoms with E-state index in [0.717, 1.165) is 12.2 Å². The fraction of sp³-hybridized carbons (Fsp3) is 0.381. The molecule has 0 bridgehead atoms. The largest absolute Gasteiger partial charge is 0.497 e. The third-order valence-electron chi connectivity index (χ3n) is 4.51. The molecule has 0 aliphatic carbocycles. The SMILES string of the molecule is CN=C(NCCc1ccc(OC)cc1)NCC(c1c(F)cccc1F)N(C)C.I. The Hall–Kier alpha value is -1.94. The second-order valence-corrected chi connectivity index (χ2v) is 6.59. The molecule has 0 saturated heterocycles. The van der Waals surface area contributed by atoms with Crippen LogP contribution < -0.4 is 15.4 Å². The molecule has 2 rings (SSSR count). The number of nitrogens with one attached hydrogen (secondary N) is 2. The van der Waals surface area contributed by atoms with E-state index in [1.807, 2.05) is 24.3 Å². The lowest BCUT2D eigenvalue weighted by atomic mass is 10.0. The fourth-order valence-corrected chi connectivity index (χ4v) is 2.90. The first kappa shape index (κ1) is 25.1. The van der Waals surface area contributed by atoms with Gasteiger partial charge in [-0.3, -0.25) is 4.99 Å². The van der Waals surface area contributed by atoms with Crippen LogP contribution in [0.25, 0.3) is 0 Å². The maximum Gasteiger partial charge on any atom is 0.191 e. The Morgan fingerprint density at radius 3 is 2.21 bits per heavy atom. The second kappa shape index (κ2) is 12.6. The number of nitrogens with zero attached hydrogens (tertiary/aromatic N) is 2. The number of guanidine groups is 1. The molecule has 8 heteroatoms. The normalized spacial score (nSPS) is 12.3. The van der Waals surface area contributed by atoms with Gasteiger partial charge in [0.05, 0.1) is 13.2 Å². The average molecular weight is 518 g/mol. The van der Waals surface area contributed by atoms with Gasteiger partial charge in [-0.05, 0) is 50.3 Å². The highest BCUT2D eigenvalue weighted by atomic mass is 127. The van der Waals surface area contributed by atoms with Crippen molar-refractivity contribution in [2.24, 2.45) is 4.99 Å². The van der Waals surface area contributed by atoms with E-state index < -0.39 is 17.7 Å². The highest BCUT2D eigenvalue weighted by Gasteiger charge is 2.22. The smallest absolute Gasteiger partial charge is 0.191 e. The zero-order chi connectivity index (χ0) is 20.5. The van der Waals surface area contributed by atoms with E-state index in [2.05, 4.69) is 15.6 Å². The number of methoxy groups -OCH3 is 1. The predicted molar refractivity (Wildman–Crippen MR) is 124 cm³/mol. The molecule has 1 unspecified atom stereocenters. The minimum absolute atomic E-state index is 0. The summed E-state index contributed by atoms with van der Waals surface area (Å²) in [5, 5.41) is 6.38. The second-order valence-electron chi connectivity index (χ2n) is 6.59. The Morgan fingerprint density at radius 2 is 1.69 bits per heavy atom. The summed E-state index contributed by atoms with van der Waals surface area (Å²) in [5.41, 5.74) is 1.22. The van der Waals surface area contributed by atoms with Gasteiger partial charge in [0, 0.05) is 25.7 Å². The Balaban J connectivity index is 0.00000420. The quantitative estimate of drug-likeness (QED) is 0.319. The number of rotatable bonds is 8. The topological polar surface area (TPSA) is 48.9 Å². The highest BCUT2D eigenvalue weighted by Crippen LogP contribution is 2.23. The molecule has 0 fully saturated rings. The van der Waals surface area contributed by atoms with E-state index in [4.69, 9.17) is 4.74 Å². The third-order valence-corrected chi connectivity index (χ3v) is 4.51. The van der Waals surface area contributed by atoms with Gasteiger partial charge in [0.25, 0.3) is 0 Å². The van der Waals surface area contributed by atoms with Crippen LogP contribution in [-0.2, 0) is 6.42 Å². The van der Waals surface area contributed by atoms with Crippen LogP contribution in [0.15, 0.2) is 47.5 Å². The molecule has 0 heterocycles. The van der Waals surface area contributed by atoms with Crippen molar-refractivity contribution in [3.8, 4) is 5.75 Å². The van der Waals surface area contributed by atoms with Crippen LogP contribution >= 0.6 is 24.0 Å². The molecule has 29 heavy (non-hydrogen) atoms. The Bertz CT molecular complexity index is 765. The lowest BCUT2D eigenvalue weighted by Gasteiger charge is -2.26. The molecular weight excluding hydrogens is 489 g/mol. The summed E-state index contributed by atoms with van der Waals surface area (Å²) in [7, 11) is 6.88. The first-order valence-corrected chi connectivity index (χ1v) is 9.14. The first-order chi connectivity index (χ1) is 13.5. The van der Waals surface area contributed by atoms with Gasteiger partial charge in [-0.25, -0.2) is 8.78 Å². The summed E-state index contributed by atoms with van der Waals surface area (Å²) in [5.74, 6) is 0.298. The van der Waals surface area contributed by atoms with Gasteiger partial charge < -0.3 is 20.3 Å². The summed E-state index contributed by atoms with van der Waals surface area (Å²) >= 11 is 0. The van der Waals surface area contributed by atoms with Crippen LogP contribution in [0.4, 0.5) is 8.78 Å². The fourth-order valence-electron chi connectivity index (χ4n) is 2.90. The monoisotopic (exact) mass is 518 g/mol. The van der Waals surface area contributed by atoms with Crippen LogP contribution in [0.3, 0.4) is 0 Å². The number of likely N-dealkylation sites (N-methyl/N-ethyl adjacent to an activating group) is 1. The van der Waals surface area contributed by atoms with Crippen molar-refractivity contribution < 1.29 is 13.5 Å². The van der Waals surface area contributed by atoms with E-state index in [-0.39, 0.29) is 29.5 Å². The van der Waals surface area contributed by atoms with E-state index in [9.17, 15) is 8.78 Å². The van der Waals surface area contributed by atoms with E-state index in [1.165, 1.54) is 23.8 Å². The van der Waals surface area contributed by atoms with Gasteiger partial charge >= 0.3 is 0 Å².